The number of hydrogen-bond donors (Lipinski definition) is 1. The number of nitrogens with zero attached hydrogens (tertiary/aromatic N) is 1. The van der Waals surface area contributed by atoms with Crippen molar-refractivity contribution in [3.63, 3.8) is 0 Å². The molecule has 3 unspecified atom stereocenters. The maximum Gasteiger partial charge on any atom is 0.441 e. The van der Waals surface area contributed by atoms with Crippen molar-refractivity contribution in [3.8, 4) is 0 Å². The average molecular weight is 283 g/mol. The number of alkyl halides is 3. The third-order valence-corrected chi connectivity index (χ3v) is 4.80. The summed E-state index contributed by atoms with van der Waals surface area (Å²) in [6.07, 6.45) is 4.75. The van der Waals surface area contributed by atoms with Gasteiger partial charge in [0.15, 0.2) is 0 Å². The third-order valence-electron chi connectivity index (χ3n) is 4.08. The van der Waals surface area contributed by atoms with Crippen molar-refractivity contribution in [2.75, 3.05) is 18.8 Å². The second kappa shape index (κ2) is 6.01. The van der Waals surface area contributed by atoms with Crippen molar-refractivity contribution in [2.45, 2.75) is 49.8 Å². The quantitative estimate of drug-likeness (QED) is 0.858. The highest BCUT2D eigenvalue weighted by atomic mass is 32.2. The Morgan fingerprint density at radius 2 is 1.94 bits per heavy atom. The molecule has 1 aliphatic heterocycles. The van der Waals surface area contributed by atoms with Gasteiger partial charge in [-0.15, -0.1) is 0 Å². The summed E-state index contributed by atoms with van der Waals surface area (Å²) < 4.78 is 36.3. The molecule has 1 saturated carbocycles. The summed E-state index contributed by atoms with van der Waals surface area (Å²) in [5, 5.41) is 9.91. The minimum Gasteiger partial charge on any atom is -0.393 e. The van der Waals surface area contributed by atoms with Gasteiger partial charge < -0.3 is 5.11 Å². The fourth-order valence-corrected chi connectivity index (χ4v) is 3.87. The molecule has 2 rings (SSSR count). The lowest BCUT2D eigenvalue weighted by Gasteiger charge is -2.31. The molecule has 2 nitrogen and oxygen atoms in total. The molecule has 2 fully saturated rings. The minimum absolute atomic E-state index is 0.0616. The molecular formula is C12H20F3NOS. The smallest absolute Gasteiger partial charge is 0.393 e. The molecule has 0 aromatic carbocycles. The second-order valence-corrected chi connectivity index (χ2v) is 6.36. The van der Waals surface area contributed by atoms with Crippen LogP contribution in [0.1, 0.15) is 32.1 Å². The fourth-order valence-electron chi connectivity index (χ4n) is 3.31. The first kappa shape index (κ1) is 14.5. The molecule has 3 atom stereocenters. The standard InChI is InChI=1S/C12H20F3NOS/c13-12(14,15)18-8-7-16-6-2-4-10(16)9-3-1-5-11(9)17/h9-11,17H,1-8H2. The molecule has 6 heteroatoms. The maximum atomic E-state index is 12.1. The van der Waals surface area contributed by atoms with Crippen molar-refractivity contribution < 1.29 is 18.3 Å². The molecular weight excluding hydrogens is 263 g/mol. The Labute approximate surface area is 110 Å². The number of hydrogen-bond acceptors (Lipinski definition) is 3. The average Bonchev–Trinajstić information content (AvgIpc) is 2.84. The number of rotatable bonds is 4. The molecule has 1 aliphatic carbocycles. The van der Waals surface area contributed by atoms with Gasteiger partial charge in [-0.25, -0.2) is 0 Å². The molecule has 1 N–H and O–H groups in total. The van der Waals surface area contributed by atoms with Gasteiger partial charge in [-0.05, 0) is 44.0 Å². The van der Waals surface area contributed by atoms with E-state index in [0.29, 0.717) is 12.6 Å². The molecule has 1 saturated heterocycles. The van der Waals surface area contributed by atoms with E-state index in [1.165, 1.54) is 0 Å². The minimum atomic E-state index is -4.12. The molecule has 2 aliphatic rings. The third kappa shape index (κ3) is 3.78. The molecule has 1 heterocycles. The predicted octanol–water partition coefficient (Wildman–Crippen LogP) is 2.86. The highest BCUT2D eigenvalue weighted by molar-refractivity contribution is 8.00. The van der Waals surface area contributed by atoms with Crippen molar-refractivity contribution in [1.29, 1.82) is 0 Å². The summed E-state index contributed by atoms with van der Waals surface area (Å²) in [7, 11) is 0. The van der Waals surface area contributed by atoms with Crippen LogP contribution >= 0.6 is 11.8 Å². The second-order valence-electron chi connectivity index (χ2n) is 5.20. The predicted molar refractivity (Wildman–Crippen MR) is 66.5 cm³/mol. The molecule has 0 spiro atoms. The van der Waals surface area contributed by atoms with Crippen LogP contribution in [0, 0.1) is 5.92 Å². The van der Waals surface area contributed by atoms with Gasteiger partial charge in [0.05, 0.1) is 6.10 Å². The monoisotopic (exact) mass is 283 g/mol. The van der Waals surface area contributed by atoms with Crippen LogP contribution in [0.15, 0.2) is 0 Å². The van der Waals surface area contributed by atoms with Crippen LogP contribution in [0.2, 0.25) is 0 Å². The van der Waals surface area contributed by atoms with Crippen LogP contribution in [-0.4, -0.2) is 46.5 Å². The van der Waals surface area contributed by atoms with Gasteiger partial charge in [0.1, 0.15) is 0 Å². The van der Waals surface area contributed by atoms with Crippen LogP contribution in [0.25, 0.3) is 0 Å². The van der Waals surface area contributed by atoms with Crippen LogP contribution < -0.4 is 0 Å². The number of aliphatic hydroxyl groups excluding tert-OH is 1. The first-order chi connectivity index (χ1) is 8.47. The number of thioether (sulfide) groups is 1. The first-order valence-corrected chi connectivity index (χ1v) is 7.59. The van der Waals surface area contributed by atoms with Crippen LogP contribution in [0.4, 0.5) is 13.2 Å². The lowest BCUT2D eigenvalue weighted by molar-refractivity contribution is -0.0329. The summed E-state index contributed by atoms with van der Waals surface area (Å²) in [5.41, 5.74) is -4.12. The fraction of sp³-hybridized carbons (Fsp3) is 1.00. The Morgan fingerprint density at radius 1 is 1.17 bits per heavy atom. The number of halogens is 3. The molecule has 0 aromatic rings. The van der Waals surface area contributed by atoms with Gasteiger partial charge >= 0.3 is 5.51 Å². The summed E-state index contributed by atoms with van der Waals surface area (Å²) in [5.74, 6) is 0.381. The lowest BCUT2D eigenvalue weighted by atomic mass is 9.94. The zero-order valence-electron chi connectivity index (χ0n) is 10.3. The molecule has 106 valence electrons. The summed E-state index contributed by atoms with van der Waals surface area (Å²) in [6.45, 7) is 1.37. The van der Waals surface area contributed by atoms with Crippen molar-refractivity contribution in [2.24, 2.45) is 5.92 Å². The number of aliphatic hydroxyl groups is 1. The van der Waals surface area contributed by atoms with Crippen molar-refractivity contribution in [1.82, 2.24) is 4.90 Å². The molecule has 18 heavy (non-hydrogen) atoms. The zero-order valence-corrected chi connectivity index (χ0v) is 11.1. The van der Waals surface area contributed by atoms with Crippen LogP contribution in [0.3, 0.4) is 0 Å². The number of likely N-dealkylation sites (tertiary alicyclic amines) is 1. The van der Waals surface area contributed by atoms with E-state index < -0.39 is 5.51 Å². The van der Waals surface area contributed by atoms with E-state index in [-0.39, 0.29) is 29.5 Å². The maximum absolute atomic E-state index is 12.1. The van der Waals surface area contributed by atoms with Crippen LogP contribution in [0.5, 0.6) is 0 Å². The Hall–Kier alpha value is 0.0600. The molecule has 0 radical (unpaired) electrons. The van der Waals surface area contributed by atoms with E-state index in [1.54, 1.807) is 0 Å². The van der Waals surface area contributed by atoms with Crippen molar-refractivity contribution >= 4 is 11.8 Å². The summed E-state index contributed by atoms with van der Waals surface area (Å²) in [6, 6.07) is 0.302. The van der Waals surface area contributed by atoms with E-state index in [1.807, 2.05) is 0 Å². The van der Waals surface area contributed by atoms with Gasteiger partial charge in [0.25, 0.3) is 0 Å². The SMILES string of the molecule is OC1CCCC1C1CCCN1CCSC(F)(F)F. The van der Waals surface area contributed by atoms with Gasteiger partial charge in [0, 0.05) is 24.3 Å². The first-order valence-electron chi connectivity index (χ1n) is 6.60. The van der Waals surface area contributed by atoms with E-state index in [2.05, 4.69) is 4.90 Å². The Morgan fingerprint density at radius 3 is 2.56 bits per heavy atom. The highest BCUT2D eigenvalue weighted by Crippen LogP contribution is 2.36. The van der Waals surface area contributed by atoms with E-state index in [9.17, 15) is 18.3 Å². The summed E-state index contributed by atoms with van der Waals surface area (Å²) in [4.78, 5) is 2.15. The molecule has 0 aromatic heterocycles. The van der Waals surface area contributed by atoms with Gasteiger partial charge in [-0.3, -0.25) is 4.90 Å². The Bertz CT molecular complexity index is 275. The van der Waals surface area contributed by atoms with Gasteiger partial charge in [-0.2, -0.15) is 13.2 Å². The van der Waals surface area contributed by atoms with Crippen LogP contribution in [-0.2, 0) is 0 Å². The zero-order chi connectivity index (χ0) is 13.2. The topological polar surface area (TPSA) is 23.5 Å². The normalized spacial score (nSPS) is 34.3. The highest BCUT2D eigenvalue weighted by Gasteiger charge is 2.38. The van der Waals surface area contributed by atoms with Gasteiger partial charge in [-0.1, -0.05) is 6.42 Å². The van der Waals surface area contributed by atoms with E-state index in [0.717, 1.165) is 38.6 Å². The van der Waals surface area contributed by atoms with Crippen molar-refractivity contribution in [3.05, 3.63) is 0 Å². The lowest BCUT2D eigenvalue weighted by Crippen LogP contribution is -2.40. The Kier molecular flexibility index (Phi) is 4.83. The van der Waals surface area contributed by atoms with Gasteiger partial charge in [0.2, 0.25) is 0 Å². The largest absolute Gasteiger partial charge is 0.441 e. The Balaban J connectivity index is 1.80. The summed E-state index contributed by atoms with van der Waals surface area (Å²) >= 11 is 0.0616. The molecule has 0 amide bonds. The molecule has 0 bridgehead atoms. The van der Waals surface area contributed by atoms with E-state index >= 15 is 0 Å². The van der Waals surface area contributed by atoms with E-state index in [4.69, 9.17) is 0 Å².